The molecule has 8 heteroatoms. The van der Waals surface area contributed by atoms with Crippen LogP contribution in [0.2, 0.25) is 0 Å². The molecule has 0 spiro atoms. The summed E-state index contributed by atoms with van der Waals surface area (Å²) in [7, 11) is 3.28. The molecule has 0 aliphatic carbocycles. The Labute approximate surface area is 211 Å². The molecule has 4 aromatic rings. The van der Waals surface area contributed by atoms with Crippen molar-refractivity contribution in [1.82, 2.24) is 15.0 Å². The number of hydrogen-bond acceptors (Lipinski definition) is 8. The lowest BCUT2D eigenvalue weighted by molar-refractivity contribution is -0.0402. The highest BCUT2D eigenvalue weighted by Gasteiger charge is 2.32. The Morgan fingerprint density at radius 1 is 1.08 bits per heavy atom. The zero-order valence-electron chi connectivity index (χ0n) is 21.9. The maximum Gasteiger partial charge on any atom is 0.229 e. The van der Waals surface area contributed by atoms with E-state index in [2.05, 4.69) is 43.0 Å². The fourth-order valence-electron chi connectivity index (χ4n) is 4.92. The van der Waals surface area contributed by atoms with Crippen LogP contribution in [0.25, 0.3) is 22.2 Å². The molecule has 3 aromatic heterocycles. The molecule has 1 N–H and O–H groups in total. The number of aromatic nitrogens is 3. The highest BCUT2D eigenvalue weighted by molar-refractivity contribution is 6.06. The van der Waals surface area contributed by atoms with Crippen molar-refractivity contribution in [3.63, 3.8) is 0 Å². The van der Waals surface area contributed by atoms with Crippen LogP contribution in [-0.2, 0) is 30.6 Å². The van der Waals surface area contributed by atoms with E-state index >= 15 is 0 Å². The summed E-state index contributed by atoms with van der Waals surface area (Å²) in [6.45, 7) is 9.89. The minimum atomic E-state index is -0.256. The first-order valence-electron chi connectivity index (χ1n) is 12.5. The standard InChI is InChI=1S/C28H34N4O4/c1-16(2)11-20-19-14-35-28(3,4)13-18(19)23-24-25(36-27(23)32-20)26(31-15-30-24)29-10-9-17-7-8-21(33-5)22(12-17)34-6/h7-8,12,15-16H,9-11,13-14H2,1-6H3,(H,29,30,31). The maximum absolute atomic E-state index is 6.33. The number of rotatable bonds is 8. The summed E-state index contributed by atoms with van der Waals surface area (Å²) in [5.74, 6) is 2.59. The number of furan rings is 1. The molecule has 8 nitrogen and oxygen atoms in total. The molecule has 0 fully saturated rings. The Bertz CT molecular complexity index is 1410. The molecule has 0 amide bonds. The lowest BCUT2D eigenvalue weighted by Gasteiger charge is -2.33. The molecule has 5 rings (SSSR count). The number of nitrogens with one attached hydrogen (secondary N) is 1. The van der Waals surface area contributed by atoms with Crippen LogP contribution in [0.3, 0.4) is 0 Å². The molecule has 36 heavy (non-hydrogen) atoms. The van der Waals surface area contributed by atoms with Gasteiger partial charge in [0.05, 0.1) is 37.5 Å². The number of pyridine rings is 1. The number of methoxy groups -OCH3 is 2. The number of ether oxygens (including phenoxy) is 3. The van der Waals surface area contributed by atoms with E-state index in [0.29, 0.717) is 36.2 Å². The van der Waals surface area contributed by atoms with Crippen molar-refractivity contribution in [1.29, 1.82) is 0 Å². The molecular weight excluding hydrogens is 456 g/mol. The summed E-state index contributed by atoms with van der Waals surface area (Å²) in [5, 5.41) is 4.42. The number of benzene rings is 1. The smallest absolute Gasteiger partial charge is 0.229 e. The van der Waals surface area contributed by atoms with Gasteiger partial charge in [0.15, 0.2) is 22.9 Å². The van der Waals surface area contributed by atoms with Gasteiger partial charge in [0.2, 0.25) is 5.71 Å². The first-order chi connectivity index (χ1) is 17.3. The van der Waals surface area contributed by atoms with Crippen molar-refractivity contribution >= 4 is 28.0 Å². The Morgan fingerprint density at radius 3 is 2.64 bits per heavy atom. The second kappa shape index (κ2) is 9.58. The highest BCUT2D eigenvalue weighted by Crippen LogP contribution is 2.39. The van der Waals surface area contributed by atoms with Crippen LogP contribution in [-0.4, -0.2) is 41.3 Å². The fraction of sp³-hybridized carbons (Fsp3) is 0.464. The summed E-state index contributed by atoms with van der Waals surface area (Å²) in [6.07, 6.45) is 4.03. The molecule has 0 saturated carbocycles. The third-order valence-corrected chi connectivity index (χ3v) is 6.67. The monoisotopic (exact) mass is 490 g/mol. The van der Waals surface area contributed by atoms with Gasteiger partial charge in [0, 0.05) is 18.5 Å². The lowest BCUT2D eigenvalue weighted by atomic mass is 9.88. The Kier molecular flexibility index (Phi) is 6.47. The van der Waals surface area contributed by atoms with Crippen molar-refractivity contribution in [2.24, 2.45) is 5.92 Å². The number of anilines is 1. The average molecular weight is 491 g/mol. The van der Waals surface area contributed by atoms with Gasteiger partial charge in [-0.3, -0.25) is 0 Å². The van der Waals surface area contributed by atoms with Gasteiger partial charge < -0.3 is 23.9 Å². The Balaban J connectivity index is 1.49. The SMILES string of the molecule is COc1ccc(CCNc2ncnc3c2oc2nc(CC(C)C)c4c(c23)CC(C)(C)OC4)cc1OC. The van der Waals surface area contributed by atoms with Crippen molar-refractivity contribution in [3.8, 4) is 11.5 Å². The lowest BCUT2D eigenvalue weighted by Crippen LogP contribution is -2.33. The second-order valence-corrected chi connectivity index (χ2v) is 10.4. The minimum Gasteiger partial charge on any atom is -0.493 e. The second-order valence-electron chi connectivity index (χ2n) is 10.4. The van der Waals surface area contributed by atoms with E-state index in [4.69, 9.17) is 23.6 Å². The fourth-order valence-corrected chi connectivity index (χ4v) is 4.92. The maximum atomic E-state index is 6.33. The van der Waals surface area contributed by atoms with Gasteiger partial charge in [-0.05, 0) is 55.9 Å². The van der Waals surface area contributed by atoms with E-state index in [1.165, 1.54) is 11.1 Å². The minimum absolute atomic E-state index is 0.256. The van der Waals surface area contributed by atoms with E-state index in [1.807, 2.05) is 18.2 Å². The van der Waals surface area contributed by atoms with Crippen LogP contribution in [0, 0.1) is 5.92 Å². The van der Waals surface area contributed by atoms with E-state index in [9.17, 15) is 0 Å². The third-order valence-electron chi connectivity index (χ3n) is 6.67. The zero-order valence-corrected chi connectivity index (χ0v) is 21.9. The number of nitrogens with zero attached hydrogens (tertiary/aromatic N) is 3. The van der Waals surface area contributed by atoms with Crippen LogP contribution in [0.15, 0.2) is 28.9 Å². The topological polar surface area (TPSA) is 91.5 Å². The van der Waals surface area contributed by atoms with Crippen LogP contribution in [0.1, 0.15) is 50.1 Å². The van der Waals surface area contributed by atoms with Crippen molar-refractivity contribution in [2.75, 3.05) is 26.1 Å². The van der Waals surface area contributed by atoms with Gasteiger partial charge in [-0.2, -0.15) is 0 Å². The van der Waals surface area contributed by atoms with Crippen LogP contribution >= 0.6 is 0 Å². The predicted molar refractivity (Wildman–Crippen MR) is 140 cm³/mol. The van der Waals surface area contributed by atoms with E-state index in [-0.39, 0.29) is 5.60 Å². The van der Waals surface area contributed by atoms with E-state index in [0.717, 1.165) is 52.9 Å². The first kappa shape index (κ1) is 24.3. The molecule has 0 saturated heterocycles. The summed E-state index contributed by atoms with van der Waals surface area (Å²) >= 11 is 0. The van der Waals surface area contributed by atoms with Gasteiger partial charge >= 0.3 is 0 Å². The highest BCUT2D eigenvalue weighted by atomic mass is 16.5. The zero-order chi connectivity index (χ0) is 25.4. The number of fused-ring (bicyclic) bond motifs is 5. The summed E-state index contributed by atoms with van der Waals surface area (Å²) < 4.78 is 23.3. The molecular formula is C28H34N4O4. The van der Waals surface area contributed by atoms with Crippen LogP contribution < -0.4 is 14.8 Å². The van der Waals surface area contributed by atoms with Gasteiger partial charge in [-0.15, -0.1) is 0 Å². The molecule has 0 atom stereocenters. The normalized spacial score (nSPS) is 14.9. The van der Waals surface area contributed by atoms with Crippen LogP contribution in [0.5, 0.6) is 11.5 Å². The predicted octanol–water partition coefficient (Wildman–Crippen LogP) is 5.49. The first-order valence-corrected chi connectivity index (χ1v) is 12.5. The van der Waals surface area contributed by atoms with Gasteiger partial charge in [0.25, 0.3) is 0 Å². The molecule has 0 radical (unpaired) electrons. The summed E-state index contributed by atoms with van der Waals surface area (Å²) in [4.78, 5) is 14.1. The molecule has 1 aromatic carbocycles. The van der Waals surface area contributed by atoms with Gasteiger partial charge in [0.1, 0.15) is 11.8 Å². The largest absolute Gasteiger partial charge is 0.493 e. The summed E-state index contributed by atoms with van der Waals surface area (Å²) in [5.41, 5.74) is 6.41. The third kappa shape index (κ3) is 4.57. The van der Waals surface area contributed by atoms with Gasteiger partial charge in [-0.1, -0.05) is 19.9 Å². The van der Waals surface area contributed by atoms with E-state index < -0.39 is 0 Å². The van der Waals surface area contributed by atoms with Crippen molar-refractivity contribution in [3.05, 3.63) is 46.9 Å². The van der Waals surface area contributed by atoms with Gasteiger partial charge in [-0.25, -0.2) is 15.0 Å². The quantitative estimate of drug-likeness (QED) is 0.347. The van der Waals surface area contributed by atoms with Crippen molar-refractivity contribution in [2.45, 2.75) is 59.2 Å². The average Bonchev–Trinajstić information content (AvgIpc) is 3.22. The summed E-state index contributed by atoms with van der Waals surface area (Å²) in [6, 6.07) is 5.95. The molecule has 190 valence electrons. The van der Waals surface area contributed by atoms with Crippen LogP contribution in [0.4, 0.5) is 5.82 Å². The van der Waals surface area contributed by atoms with E-state index in [1.54, 1.807) is 20.5 Å². The molecule has 0 unspecified atom stereocenters. The molecule has 1 aliphatic heterocycles. The Morgan fingerprint density at radius 2 is 1.89 bits per heavy atom. The molecule has 1 aliphatic rings. The Hall–Kier alpha value is -3.39. The number of hydrogen-bond donors (Lipinski definition) is 1. The van der Waals surface area contributed by atoms with Crippen molar-refractivity contribution < 1.29 is 18.6 Å². The molecule has 0 bridgehead atoms. The molecule has 4 heterocycles.